The molecule has 0 unspecified atom stereocenters. The molecule has 0 spiro atoms. The highest BCUT2D eigenvalue weighted by Gasteiger charge is 2.21. The summed E-state index contributed by atoms with van der Waals surface area (Å²) >= 11 is 1.48. The van der Waals surface area contributed by atoms with Crippen molar-refractivity contribution in [2.45, 2.75) is 12.8 Å². The highest BCUT2D eigenvalue weighted by atomic mass is 32.1. The van der Waals surface area contributed by atoms with Crippen molar-refractivity contribution in [2.24, 2.45) is 5.92 Å². The molecular formula is C23H22FN5O2S. The number of piperidine rings is 1. The molecular weight excluding hydrogens is 429 g/mol. The van der Waals surface area contributed by atoms with Crippen molar-refractivity contribution in [2.75, 3.05) is 25.5 Å². The molecule has 1 fully saturated rings. The van der Waals surface area contributed by atoms with Gasteiger partial charge in [-0.1, -0.05) is 11.3 Å². The van der Waals surface area contributed by atoms with E-state index in [4.69, 9.17) is 0 Å². The SMILES string of the molecule is CNC(=O)c1ccc(-c2cn3c(n2)sc2cc(NC(=O)C4CCNCC4)ccc23)c(F)c1. The van der Waals surface area contributed by atoms with E-state index in [0.717, 1.165) is 46.8 Å². The summed E-state index contributed by atoms with van der Waals surface area (Å²) in [5, 5.41) is 8.79. The Balaban J connectivity index is 1.42. The lowest BCUT2D eigenvalue weighted by molar-refractivity contribution is -0.120. The van der Waals surface area contributed by atoms with Gasteiger partial charge in [0.15, 0.2) is 4.96 Å². The molecule has 0 atom stereocenters. The van der Waals surface area contributed by atoms with E-state index >= 15 is 0 Å². The number of nitrogens with one attached hydrogen (secondary N) is 3. The summed E-state index contributed by atoms with van der Waals surface area (Å²) in [6.45, 7) is 1.74. The van der Waals surface area contributed by atoms with Gasteiger partial charge in [-0.05, 0) is 62.3 Å². The average Bonchev–Trinajstić information content (AvgIpc) is 3.36. The normalized spacial score (nSPS) is 14.7. The van der Waals surface area contributed by atoms with Gasteiger partial charge in [0, 0.05) is 36.0 Å². The van der Waals surface area contributed by atoms with Crippen molar-refractivity contribution < 1.29 is 14.0 Å². The molecule has 3 N–H and O–H groups in total. The third kappa shape index (κ3) is 3.74. The summed E-state index contributed by atoms with van der Waals surface area (Å²) in [6.07, 6.45) is 3.49. The topological polar surface area (TPSA) is 87.5 Å². The van der Waals surface area contributed by atoms with Gasteiger partial charge in [0.1, 0.15) is 5.82 Å². The van der Waals surface area contributed by atoms with Crippen molar-refractivity contribution >= 4 is 44.0 Å². The number of nitrogens with zero attached hydrogens (tertiary/aromatic N) is 2. The summed E-state index contributed by atoms with van der Waals surface area (Å²) in [7, 11) is 1.51. The predicted octanol–water partition coefficient (Wildman–Crippen LogP) is 3.65. The molecule has 0 radical (unpaired) electrons. The molecule has 2 aromatic heterocycles. The Labute approximate surface area is 187 Å². The van der Waals surface area contributed by atoms with Crippen LogP contribution in [0, 0.1) is 11.7 Å². The quantitative estimate of drug-likeness (QED) is 0.442. The van der Waals surface area contributed by atoms with Crippen molar-refractivity contribution in [1.82, 2.24) is 20.0 Å². The Morgan fingerprint density at radius 1 is 1.19 bits per heavy atom. The van der Waals surface area contributed by atoms with Crippen molar-refractivity contribution in [3.63, 3.8) is 0 Å². The van der Waals surface area contributed by atoms with Crippen LogP contribution in [0.4, 0.5) is 10.1 Å². The molecule has 1 saturated heterocycles. The first-order chi connectivity index (χ1) is 15.5. The molecule has 0 saturated carbocycles. The monoisotopic (exact) mass is 451 g/mol. The lowest BCUT2D eigenvalue weighted by atomic mass is 9.97. The largest absolute Gasteiger partial charge is 0.355 e. The van der Waals surface area contributed by atoms with E-state index in [1.54, 1.807) is 18.3 Å². The fourth-order valence-electron chi connectivity index (χ4n) is 4.05. The number of halogens is 1. The second kappa shape index (κ2) is 8.33. The minimum Gasteiger partial charge on any atom is -0.355 e. The van der Waals surface area contributed by atoms with E-state index in [0.29, 0.717) is 11.3 Å². The van der Waals surface area contributed by atoms with Crippen LogP contribution in [0.15, 0.2) is 42.6 Å². The number of thiazole rings is 1. The van der Waals surface area contributed by atoms with Crippen LogP contribution in [0.2, 0.25) is 0 Å². The Morgan fingerprint density at radius 3 is 2.75 bits per heavy atom. The molecule has 9 heteroatoms. The number of hydrogen-bond acceptors (Lipinski definition) is 5. The Kier molecular flexibility index (Phi) is 5.36. The van der Waals surface area contributed by atoms with Crippen LogP contribution in [0.25, 0.3) is 26.4 Å². The van der Waals surface area contributed by atoms with Gasteiger partial charge in [0.2, 0.25) is 5.91 Å². The number of fused-ring (bicyclic) bond motifs is 3. The molecule has 1 aliphatic rings. The number of aromatic nitrogens is 2. The molecule has 4 aromatic rings. The fraction of sp³-hybridized carbons (Fsp3) is 0.261. The number of benzene rings is 2. The zero-order valence-electron chi connectivity index (χ0n) is 17.4. The summed E-state index contributed by atoms with van der Waals surface area (Å²) in [6, 6.07) is 10.1. The third-order valence-electron chi connectivity index (χ3n) is 5.81. The summed E-state index contributed by atoms with van der Waals surface area (Å²) in [4.78, 5) is 29.6. The van der Waals surface area contributed by atoms with Gasteiger partial charge >= 0.3 is 0 Å². The average molecular weight is 452 g/mol. The fourth-order valence-corrected chi connectivity index (χ4v) is 5.09. The molecule has 2 aromatic carbocycles. The maximum Gasteiger partial charge on any atom is 0.251 e. The summed E-state index contributed by atoms with van der Waals surface area (Å²) in [5.41, 5.74) is 2.81. The van der Waals surface area contributed by atoms with Crippen molar-refractivity contribution in [3.8, 4) is 11.3 Å². The number of anilines is 1. The standard InChI is InChI=1S/C23H22FN5O2S/c1-25-21(30)14-2-4-16(17(24)10-14)18-12-29-19-5-3-15(11-20(19)32-23(29)28-18)27-22(31)13-6-8-26-9-7-13/h2-5,10-13,26H,6-9H2,1H3,(H,25,30)(H,27,31). The van der Waals surface area contributed by atoms with Crippen LogP contribution in [0.5, 0.6) is 0 Å². The molecule has 7 nitrogen and oxygen atoms in total. The zero-order valence-corrected chi connectivity index (χ0v) is 18.3. The van der Waals surface area contributed by atoms with E-state index in [-0.39, 0.29) is 23.3 Å². The molecule has 32 heavy (non-hydrogen) atoms. The number of carbonyl (C=O) groups excluding carboxylic acids is 2. The van der Waals surface area contributed by atoms with Gasteiger partial charge in [0.25, 0.3) is 5.91 Å². The van der Waals surface area contributed by atoms with Crippen LogP contribution in [-0.4, -0.2) is 41.3 Å². The maximum absolute atomic E-state index is 14.6. The molecule has 1 aliphatic heterocycles. The first kappa shape index (κ1) is 20.6. The van der Waals surface area contributed by atoms with Gasteiger partial charge in [-0.25, -0.2) is 9.37 Å². The molecule has 0 aliphatic carbocycles. The minimum absolute atomic E-state index is 0.0415. The van der Waals surface area contributed by atoms with Crippen LogP contribution in [0.1, 0.15) is 23.2 Å². The molecule has 5 rings (SSSR count). The summed E-state index contributed by atoms with van der Waals surface area (Å²) < 4.78 is 17.5. The molecule has 3 heterocycles. The van der Waals surface area contributed by atoms with Crippen molar-refractivity contribution in [1.29, 1.82) is 0 Å². The van der Waals surface area contributed by atoms with Crippen LogP contribution >= 0.6 is 11.3 Å². The van der Waals surface area contributed by atoms with Gasteiger partial charge in [-0.15, -0.1) is 0 Å². The predicted molar refractivity (Wildman–Crippen MR) is 124 cm³/mol. The first-order valence-corrected chi connectivity index (χ1v) is 11.3. The summed E-state index contributed by atoms with van der Waals surface area (Å²) in [5.74, 6) is -0.732. The van der Waals surface area contributed by atoms with Crippen LogP contribution in [0.3, 0.4) is 0 Å². The van der Waals surface area contributed by atoms with Gasteiger partial charge in [-0.3, -0.25) is 14.0 Å². The molecule has 0 bridgehead atoms. The number of imidazole rings is 1. The van der Waals surface area contributed by atoms with Gasteiger partial charge in [0.05, 0.1) is 15.9 Å². The first-order valence-electron chi connectivity index (χ1n) is 10.5. The Morgan fingerprint density at radius 2 is 2.00 bits per heavy atom. The third-order valence-corrected chi connectivity index (χ3v) is 6.82. The van der Waals surface area contributed by atoms with Crippen molar-refractivity contribution in [3.05, 3.63) is 54.0 Å². The van der Waals surface area contributed by atoms with E-state index < -0.39 is 5.82 Å². The smallest absolute Gasteiger partial charge is 0.251 e. The molecule has 164 valence electrons. The van der Waals surface area contributed by atoms with Gasteiger partial charge < -0.3 is 16.0 Å². The second-order valence-corrected chi connectivity index (χ2v) is 8.86. The van der Waals surface area contributed by atoms with Gasteiger partial charge in [-0.2, -0.15) is 0 Å². The highest BCUT2D eigenvalue weighted by Crippen LogP contribution is 2.32. The highest BCUT2D eigenvalue weighted by molar-refractivity contribution is 7.23. The maximum atomic E-state index is 14.6. The number of carbonyl (C=O) groups is 2. The van der Waals surface area contributed by atoms with E-state index in [9.17, 15) is 14.0 Å². The number of hydrogen-bond donors (Lipinski definition) is 3. The second-order valence-electron chi connectivity index (χ2n) is 7.85. The minimum atomic E-state index is -0.496. The van der Waals surface area contributed by atoms with E-state index in [1.807, 2.05) is 22.6 Å². The lowest BCUT2D eigenvalue weighted by Crippen LogP contribution is -2.34. The lowest BCUT2D eigenvalue weighted by Gasteiger charge is -2.21. The van der Waals surface area contributed by atoms with Crippen LogP contribution in [-0.2, 0) is 4.79 Å². The van der Waals surface area contributed by atoms with E-state index in [2.05, 4.69) is 20.9 Å². The van der Waals surface area contributed by atoms with Crippen LogP contribution < -0.4 is 16.0 Å². The number of amides is 2. The molecule has 2 amide bonds. The number of rotatable bonds is 4. The Bertz CT molecular complexity index is 1340. The van der Waals surface area contributed by atoms with E-state index in [1.165, 1.54) is 24.5 Å². The zero-order chi connectivity index (χ0) is 22.2. The Hall–Kier alpha value is -3.30.